The van der Waals surface area contributed by atoms with Gasteiger partial charge in [-0.2, -0.15) is 0 Å². The first-order valence-corrected chi connectivity index (χ1v) is 8.26. The molecule has 3 N–H and O–H groups in total. The van der Waals surface area contributed by atoms with Crippen LogP contribution in [-0.2, 0) is 6.42 Å². The Morgan fingerprint density at radius 2 is 2.04 bits per heavy atom. The molecular weight excluding hydrogens is 320 g/mol. The fraction of sp³-hybridized carbons (Fsp3) is 0.316. The van der Waals surface area contributed by atoms with Gasteiger partial charge in [-0.15, -0.1) is 0 Å². The molecule has 2 aromatic carbocycles. The molecule has 2 amide bonds. The predicted octanol–water partition coefficient (Wildman–Crippen LogP) is 2.87. The molecule has 0 aromatic heterocycles. The van der Waals surface area contributed by atoms with Crippen molar-refractivity contribution in [1.82, 2.24) is 5.32 Å². The van der Waals surface area contributed by atoms with Crippen LogP contribution in [0.4, 0.5) is 10.5 Å². The number of hydrogen-bond acceptors (Lipinski definition) is 4. The van der Waals surface area contributed by atoms with Gasteiger partial charge in [0.15, 0.2) is 11.5 Å². The second kappa shape index (κ2) is 7.44. The van der Waals surface area contributed by atoms with E-state index in [-0.39, 0.29) is 6.03 Å². The Bertz CT molecular complexity index is 763. The number of nitrogens with one attached hydrogen (secondary N) is 2. The third-order valence-electron chi connectivity index (χ3n) is 4.21. The number of fused-ring (bicyclic) bond motifs is 1. The third-order valence-corrected chi connectivity index (χ3v) is 4.21. The van der Waals surface area contributed by atoms with Crippen LogP contribution in [0, 0.1) is 0 Å². The standard InChI is InChI=1S/C19H22N2O4/c1-3-25-17-11-13(8-9-16(17)24-2)20-19(23)21-18-14-7-5-4-6-12(14)10-15(18)22/h4-9,11,15,18,22H,3,10H2,1-2H3,(H2,20,21,23)/t15-,18+/m1/s1. The van der Waals surface area contributed by atoms with E-state index in [1.165, 1.54) is 0 Å². The average Bonchev–Trinajstić information content (AvgIpc) is 2.91. The van der Waals surface area contributed by atoms with Crippen molar-refractivity contribution in [2.45, 2.75) is 25.5 Å². The summed E-state index contributed by atoms with van der Waals surface area (Å²) in [6.45, 7) is 2.38. The highest BCUT2D eigenvalue weighted by Gasteiger charge is 2.31. The van der Waals surface area contributed by atoms with E-state index >= 15 is 0 Å². The highest BCUT2D eigenvalue weighted by Crippen LogP contribution is 2.32. The summed E-state index contributed by atoms with van der Waals surface area (Å²) in [5, 5.41) is 15.8. The molecule has 25 heavy (non-hydrogen) atoms. The number of amides is 2. The zero-order chi connectivity index (χ0) is 17.8. The number of urea groups is 1. The van der Waals surface area contributed by atoms with Crippen molar-refractivity contribution in [3.05, 3.63) is 53.6 Å². The molecule has 0 spiro atoms. The van der Waals surface area contributed by atoms with Crippen molar-refractivity contribution in [1.29, 1.82) is 0 Å². The highest BCUT2D eigenvalue weighted by molar-refractivity contribution is 5.90. The molecule has 0 aliphatic heterocycles. The maximum absolute atomic E-state index is 12.3. The normalized spacial score (nSPS) is 18.4. The topological polar surface area (TPSA) is 79.8 Å². The molecule has 1 aliphatic rings. The molecular formula is C19H22N2O4. The number of ether oxygens (including phenoxy) is 2. The Hall–Kier alpha value is -2.73. The second-order valence-corrected chi connectivity index (χ2v) is 5.85. The van der Waals surface area contributed by atoms with Crippen molar-refractivity contribution in [2.75, 3.05) is 19.0 Å². The van der Waals surface area contributed by atoms with Gasteiger partial charge in [0.25, 0.3) is 0 Å². The maximum Gasteiger partial charge on any atom is 0.319 e. The number of aliphatic hydroxyl groups excluding tert-OH is 1. The summed E-state index contributed by atoms with van der Waals surface area (Å²) in [5.41, 5.74) is 2.60. The number of methoxy groups -OCH3 is 1. The first kappa shape index (κ1) is 17.1. The highest BCUT2D eigenvalue weighted by atomic mass is 16.5. The van der Waals surface area contributed by atoms with E-state index < -0.39 is 12.1 Å². The van der Waals surface area contributed by atoms with Gasteiger partial charge in [-0.1, -0.05) is 24.3 Å². The summed E-state index contributed by atoms with van der Waals surface area (Å²) in [5.74, 6) is 1.17. The van der Waals surface area contributed by atoms with Crippen LogP contribution in [0.1, 0.15) is 24.1 Å². The van der Waals surface area contributed by atoms with Crippen LogP contribution in [0.3, 0.4) is 0 Å². The lowest BCUT2D eigenvalue weighted by Gasteiger charge is -2.19. The minimum Gasteiger partial charge on any atom is -0.493 e. The van der Waals surface area contributed by atoms with Gasteiger partial charge in [-0.25, -0.2) is 4.79 Å². The van der Waals surface area contributed by atoms with Gasteiger partial charge >= 0.3 is 6.03 Å². The fourth-order valence-corrected chi connectivity index (χ4v) is 3.08. The molecule has 6 nitrogen and oxygen atoms in total. The summed E-state index contributed by atoms with van der Waals surface area (Å²) < 4.78 is 10.7. The minimum absolute atomic E-state index is 0.381. The van der Waals surface area contributed by atoms with Crippen molar-refractivity contribution in [3.8, 4) is 11.5 Å². The number of carbonyl (C=O) groups excluding carboxylic acids is 1. The minimum atomic E-state index is -0.627. The van der Waals surface area contributed by atoms with Gasteiger partial charge in [0.1, 0.15) is 0 Å². The van der Waals surface area contributed by atoms with E-state index in [0.717, 1.165) is 11.1 Å². The summed E-state index contributed by atoms with van der Waals surface area (Å²) in [4.78, 5) is 12.3. The molecule has 2 atom stereocenters. The number of hydrogen-bond donors (Lipinski definition) is 3. The van der Waals surface area contributed by atoms with Crippen LogP contribution < -0.4 is 20.1 Å². The lowest BCUT2D eigenvalue weighted by Crippen LogP contribution is -2.36. The fourth-order valence-electron chi connectivity index (χ4n) is 3.08. The average molecular weight is 342 g/mol. The summed E-state index contributed by atoms with van der Waals surface area (Å²) in [6, 6.07) is 12.1. The molecule has 0 bridgehead atoms. The van der Waals surface area contributed by atoms with Gasteiger partial charge in [0.2, 0.25) is 0 Å². The third kappa shape index (κ3) is 3.69. The molecule has 0 unspecified atom stereocenters. The Morgan fingerprint density at radius 3 is 2.80 bits per heavy atom. The molecule has 132 valence electrons. The van der Waals surface area contributed by atoms with Gasteiger partial charge in [0, 0.05) is 18.2 Å². The van der Waals surface area contributed by atoms with Gasteiger partial charge in [-0.05, 0) is 30.2 Å². The molecule has 3 rings (SSSR count). The lowest BCUT2D eigenvalue weighted by molar-refractivity contribution is 0.144. The molecule has 0 fully saturated rings. The lowest BCUT2D eigenvalue weighted by atomic mass is 10.1. The van der Waals surface area contributed by atoms with Crippen LogP contribution in [0.25, 0.3) is 0 Å². The van der Waals surface area contributed by atoms with E-state index in [9.17, 15) is 9.90 Å². The van der Waals surface area contributed by atoms with Crippen molar-refractivity contribution in [3.63, 3.8) is 0 Å². The van der Waals surface area contributed by atoms with Gasteiger partial charge in [-0.3, -0.25) is 0 Å². The monoisotopic (exact) mass is 342 g/mol. The Labute approximate surface area is 146 Å². The first-order chi connectivity index (χ1) is 12.1. The molecule has 0 heterocycles. The van der Waals surface area contributed by atoms with Crippen LogP contribution in [-0.4, -0.2) is 31.0 Å². The van der Waals surface area contributed by atoms with E-state index in [4.69, 9.17) is 9.47 Å². The van der Waals surface area contributed by atoms with Crippen molar-refractivity contribution >= 4 is 11.7 Å². The number of aliphatic hydroxyl groups is 1. The second-order valence-electron chi connectivity index (χ2n) is 5.85. The first-order valence-electron chi connectivity index (χ1n) is 8.26. The number of carbonyl (C=O) groups is 1. The molecule has 2 aromatic rings. The molecule has 0 saturated carbocycles. The molecule has 1 aliphatic carbocycles. The zero-order valence-electron chi connectivity index (χ0n) is 14.3. The predicted molar refractivity (Wildman–Crippen MR) is 95.2 cm³/mol. The van der Waals surface area contributed by atoms with E-state index in [1.54, 1.807) is 25.3 Å². The Kier molecular flexibility index (Phi) is 5.09. The Balaban J connectivity index is 1.70. The van der Waals surface area contributed by atoms with Crippen LogP contribution in [0.5, 0.6) is 11.5 Å². The van der Waals surface area contributed by atoms with Crippen molar-refractivity contribution < 1.29 is 19.4 Å². The largest absolute Gasteiger partial charge is 0.493 e. The SMILES string of the molecule is CCOc1cc(NC(=O)N[C@H]2c3ccccc3C[C@H]2O)ccc1OC. The van der Waals surface area contributed by atoms with Crippen molar-refractivity contribution in [2.24, 2.45) is 0 Å². The molecule has 0 saturated heterocycles. The quantitative estimate of drug-likeness (QED) is 0.781. The van der Waals surface area contributed by atoms with E-state index in [0.29, 0.717) is 30.2 Å². The summed E-state index contributed by atoms with van der Waals surface area (Å²) in [7, 11) is 1.57. The van der Waals surface area contributed by atoms with E-state index in [2.05, 4.69) is 10.6 Å². The molecule has 6 heteroatoms. The Morgan fingerprint density at radius 1 is 1.24 bits per heavy atom. The summed E-state index contributed by atoms with van der Waals surface area (Å²) >= 11 is 0. The van der Waals surface area contributed by atoms with Crippen LogP contribution in [0.2, 0.25) is 0 Å². The van der Waals surface area contributed by atoms with E-state index in [1.807, 2.05) is 31.2 Å². The van der Waals surface area contributed by atoms with Gasteiger partial charge in [0.05, 0.1) is 25.9 Å². The number of rotatable bonds is 5. The van der Waals surface area contributed by atoms with Gasteiger partial charge < -0.3 is 25.2 Å². The molecule has 0 radical (unpaired) electrons. The van der Waals surface area contributed by atoms with Crippen LogP contribution >= 0.6 is 0 Å². The zero-order valence-corrected chi connectivity index (χ0v) is 14.3. The maximum atomic E-state index is 12.3. The number of benzene rings is 2. The van der Waals surface area contributed by atoms with Crippen LogP contribution in [0.15, 0.2) is 42.5 Å². The number of anilines is 1. The smallest absolute Gasteiger partial charge is 0.319 e. The summed E-state index contributed by atoms with van der Waals surface area (Å²) in [6.07, 6.45) is -0.0870.